The number of anilines is 1. The lowest BCUT2D eigenvalue weighted by Gasteiger charge is -2.11. The van der Waals surface area contributed by atoms with Crippen molar-refractivity contribution in [3.63, 3.8) is 0 Å². The van der Waals surface area contributed by atoms with Crippen molar-refractivity contribution >= 4 is 23.4 Å². The second-order valence-electron chi connectivity index (χ2n) is 4.23. The molecule has 0 bridgehead atoms. The van der Waals surface area contributed by atoms with Crippen LogP contribution in [0.4, 0.5) is 10.1 Å². The first kappa shape index (κ1) is 14.4. The van der Waals surface area contributed by atoms with E-state index in [-0.39, 0.29) is 17.5 Å². The number of nitrogens with one attached hydrogen (secondary N) is 1. The van der Waals surface area contributed by atoms with Gasteiger partial charge in [0.25, 0.3) is 0 Å². The van der Waals surface area contributed by atoms with Gasteiger partial charge in [0.05, 0.1) is 5.75 Å². The van der Waals surface area contributed by atoms with Crippen molar-refractivity contribution < 1.29 is 9.18 Å². The highest BCUT2D eigenvalue weighted by Crippen LogP contribution is 2.27. The van der Waals surface area contributed by atoms with E-state index in [1.165, 1.54) is 23.9 Å². The average molecular weight is 290 g/mol. The van der Waals surface area contributed by atoms with Gasteiger partial charge in [-0.05, 0) is 29.8 Å². The van der Waals surface area contributed by atoms with Crippen molar-refractivity contribution in [2.24, 2.45) is 5.73 Å². The zero-order valence-corrected chi connectivity index (χ0v) is 11.6. The second kappa shape index (κ2) is 6.96. The van der Waals surface area contributed by atoms with E-state index in [2.05, 4.69) is 5.32 Å². The van der Waals surface area contributed by atoms with Gasteiger partial charge in [-0.1, -0.05) is 24.3 Å². The fraction of sp³-hybridized carbons (Fsp3) is 0.133. The van der Waals surface area contributed by atoms with Gasteiger partial charge in [-0.25, -0.2) is 4.39 Å². The van der Waals surface area contributed by atoms with Crippen LogP contribution < -0.4 is 11.1 Å². The maximum Gasteiger partial charge on any atom is 0.227 e. The number of carbonyl (C=O) groups is 1. The van der Waals surface area contributed by atoms with Crippen molar-refractivity contribution in [2.75, 3.05) is 11.1 Å². The molecule has 2 rings (SSSR count). The molecule has 0 saturated carbocycles. The molecule has 0 aromatic heterocycles. The molecular weight excluding hydrogens is 275 g/mol. The first-order chi connectivity index (χ1) is 9.65. The number of halogens is 1. The van der Waals surface area contributed by atoms with Crippen LogP contribution in [-0.4, -0.2) is 11.7 Å². The molecule has 0 aliphatic carbocycles. The van der Waals surface area contributed by atoms with Crippen LogP contribution in [-0.2, 0) is 11.3 Å². The van der Waals surface area contributed by atoms with Crippen LogP contribution >= 0.6 is 11.8 Å². The quantitative estimate of drug-likeness (QED) is 0.804. The number of rotatable bonds is 6. The van der Waals surface area contributed by atoms with E-state index < -0.39 is 0 Å². The highest BCUT2D eigenvalue weighted by Gasteiger charge is 2.04. The number of amides is 1. The third-order valence-corrected chi connectivity index (χ3v) is 3.72. The van der Waals surface area contributed by atoms with Crippen molar-refractivity contribution in [1.29, 1.82) is 0 Å². The monoisotopic (exact) mass is 290 g/mol. The number of carbonyl (C=O) groups excluding carboxylic acids is 1. The van der Waals surface area contributed by atoms with Crippen LogP contribution in [0.2, 0.25) is 0 Å². The van der Waals surface area contributed by atoms with Crippen LogP contribution in [0, 0.1) is 5.82 Å². The lowest BCUT2D eigenvalue weighted by atomic mass is 10.2. The van der Waals surface area contributed by atoms with Gasteiger partial charge in [0, 0.05) is 17.1 Å². The molecule has 2 aromatic carbocycles. The molecular formula is C15H15FN2OS. The molecule has 0 saturated heterocycles. The molecule has 2 aromatic rings. The largest absolute Gasteiger partial charge is 0.380 e. The third kappa shape index (κ3) is 4.28. The zero-order chi connectivity index (χ0) is 14.4. The molecule has 0 aliphatic rings. The Morgan fingerprint density at radius 3 is 2.75 bits per heavy atom. The zero-order valence-electron chi connectivity index (χ0n) is 10.8. The number of benzene rings is 2. The molecule has 0 aliphatic heterocycles. The Morgan fingerprint density at radius 1 is 1.20 bits per heavy atom. The summed E-state index contributed by atoms with van der Waals surface area (Å²) in [6, 6.07) is 14.1. The number of hydrogen-bond acceptors (Lipinski definition) is 3. The number of thioether (sulfide) groups is 1. The Balaban J connectivity index is 2.03. The minimum Gasteiger partial charge on any atom is -0.380 e. The summed E-state index contributed by atoms with van der Waals surface area (Å²) >= 11 is 1.38. The average Bonchev–Trinajstić information content (AvgIpc) is 2.44. The molecule has 20 heavy (non-hydrogen) atoms. The van der Waals surface area contributed by atoms with Gasteiger partial charge in [0.2, 0.25) is 5.91 Å². The molecule has 0 atom stereocenters. The van der Waals surface area contributed by atoms with E-state index in [1.807, 2.05) is 30.3 Å². The maximum absolute atomic E-state index is 13.1. The van der Waals surface area contributed by atoms with Gasteiger partial charge in [-0.15, -0.1) is 11.8 Å². The van der Waals surface area contributed by atoms with Crippen LogP contribution in [0.1, 0.15) is 5.56 Å². The minimum atomic E-state index is -0.352. The standard InChI is InChI=1S/C15H15FN2OS/c16-12-5-3-4-11(8-12)9-18-13-6-1-2-7-14(13)20-10-15(17)19/h1-8,18H,9-10H2,(H2,17,19). The van der Waals surface area contributed by atoms with E-state index in [9.17, 15) is 9.18 Å². The Kier molecular flexibility index (Phi) is 5.01. The second-order valence-corrected chi connectivity index (χ2v) is 5.25. The van der Waals surface area contributed by atoms with Gasteiger partial charge >= 0.3 is 0 Å². The van der Waals surface area contributed by atoms with Gasteiger partial charge in [0.1, 0.15) is 5.82 Å². The molecule has 0 fully saturated rings. The van der Waals surface area contributed by atoms with Crippen molar-refractivity contribution in [3.05, 3.63) is 59.9 Å². The van der Waals surface area contributed by atoms with Crippen molar-refractivity contribution in [1.82, 2.24) is 0 Å². The topological polar surface area (TPSA) is 55.1 Å². The number of para-hydroxylation sites is 1. The summed E-state index contributed by atoms with van der Waals surface area (Å²) < 4.78 is 13.1. The Bertz CT molecular complexity index is 604. The summed E-state index contributed by atoms with van der Waals surface area (Å²) in [5.41, 5.74) is 6.92. The summed E-state index contributed by atoms with van der Waals surface area (Å²) in [5.74, 6) is -0.366. The van der Waals surface area contributed by atoms with Crippen LogP contribution in [0.5, 0.6) is 0 Å². The predicted octanol–water partition coefficient (Wildman–Crippen LogP) is 3.02. The highest BCUT2D eigenvalue weighted by molar-refractivity contribution is 8.00. The maximum atomic E-state index is 13.1. The lowest BCUT2D eigenvalue weighted by molar-refractivity contribution is -0.115. The molecule has 104 valence electrons. The van der Waals surface area contributed by atoms with E-state index in [4.69, 9.17) is 5.73 Å². The molecule has 0 spiro atoms. The molecule has 5 heteroatoms. The molecule has 0 heterocycles. The van der Waals surface area contributed by atoms with E-state index in [0.717, 1.165) is 16.1 Å². The molecule has 0 radical (unpaired) electrons. The fourth-order valence-electron chi connectivity index (χ4n) is 1.73. The summed E-state index contributed by atoms with van der Waals surface area (Å²) in [6.45, 7) is 0.520. The molecule has 0 unspecified atom stereocenters. The van der Waals surface area contributed by atoms with Crippen molar-refractivity contribution in [2.45, 2.75) is 11.4 Å². The smallest absolute Gasteiger partial charge is 0.227 e. The number of nitrogens with two attached hydrogens (primary N) is 1. The van der Waals surface area contributed by atoms with Gasteiger partial charge in [-0.2, -0.15) is 0 Å². The molecule has 3 nitrogen and oxygen atoms in total. The summed E-state index contributed by atoms with van der Waals surface area (Å²) in [7, 11) is 0. The van der Waals surface area contributed by atoms with Crippen LogP contribution in [0.3, 0.4) is 0 Å². The SMILES string of the molecule is NC(=O)CSc1ccccc1NCc1cccc(F)c1. The van der Waals surface area contributed by atoms with Crippen LogP contribution in [0.25, 0.3) is 0 Å². The van der Waals surface area contributed by atoms with Gasteiger partial charge in [0.15, 0.2) is 0 Å². The summed E-state index contributed by atoms with van der Waals surface area (Å²) in [5, 5.41) is 3.24. The fourth-order valence-corrected chi connectivity index (χ4v) is 2.50. The number of hydrogen-bond donors (Lipinski definition) is 2. The molecule has 1 amide bonds. The van der Waals surface area contributed by atoms with Gasteiger partial charge in [-0.3, -0.25) is 4.79 Å². The first-order valence-corrected chi connectivity index (χ1v) is 7.12. The molecule has 3 N–H and O–H groups in total. The summed E-state index contributed by atoms with van der Waals surface area (Å²) in [4.78, 5) is 11.8. The first-order valence-electron chi connectivity index (χ1n) is 6.13. The van der Waals surface area contributed by atoms with E-state index in [0.29, 0.717) is 6.54 Å². The Labute approximate surface area is 121 Å². The normalized spacial score (nSPS) is 10.2. The number of primary amides is 1. The highest BCUT2D eigenvalue weighted by atomic mass is 32.2. The Hall–Kier alpha value is -2.01. The van der Waals surface area contributed by atoms with Gasteiger partial charge < -0.3 is 11.1 Å². The summed E-state index contributed by atoms with van der Waals surface area (Å²) in [6.07, 6.45) is 0. The third-order valence-electron chi connectivity index (χ3n) is 2.63. The minimum absolute atomic E-state index is 0.235. The van der Waals surface area contributed by atoms with E-state index >= 15 is 0 Å². The predicted molar refractivity (Wildman–Crippen MR) is 80.1 cm³/mol. The Morgan fingerprint density at radius 2 is 2.00 bits per heavy atom. The van der Waals surface area contributed by atoms with Crippen molar-refractivity contribution in [3.8, 4) is 0 Å². The lowest BCUT2D eigenvalue weighted by Crippen LogP contribution is -2.13. The van der Waals surface area contributed by atoms with E-state index in [1.54, 1.807) is 6.07 Å². The van der Waals surface area contributed by atoms with Crippen LogP contribution in [0.15, 0.2) is 53.4 Å².